The highest BCUT2D eigenvalue weighted by molar-refractivity contribution is 7.80. The van der Waals surface area contributed by atoms with Crippen LogP contribution < -0.4 is 15.5 Å². The Hall–Kier alpha value is -2.47. The van der Waals surface area contributed by atoms with E-state index in [4.69, 9.17) is 17.0 Å². The van der Waals surface area contributed by atoms with Crippen LogP contribution in [0.1, 0.15) is 5.56 Å². The molecule has 2 aromatic rings. The number of benzene rings is 2. The van der Waals surface area contributed by atoms with Gasteiger partial charge in [0.15, 0.2) is 5.11 Å². The van der Waals surface area contributed by atoms with Gasteiger partial charge in [-0.1, -0.05) is 24.3 Å². The zero-order chi connectivity index (χ0) is 15.1. The third-order valence-corrected chi connectivity index (χ3v) is 2.78. The van der Waals surface area contributed by atoms with Crippen molar-refractivity contribution >= 4 is 29.2 Å². The van der Waals surface area contributed by atoms with Crippen molar-refractivity contribution in [3.05, 3.63) is 59.9 Å². The van der Waals surface area contributed by atoms with Gasteiger partial charge in [-0.15, -0.1) is 0 Å². The van der Waals surface area contributed by atoms with E-state index >= 15 is 0 Å². The number of methoxy groups -OCH3 is 1. The van der Waals surface area contributed by atoms with E-state index in [-0.39, 0.29) is 5.82 Å². The number of halogens is 1. The fraction of sp³-hybridized carbons (Fsp3) is 0.0667. The summed E-state index contributed by atoms with van der Waals surface area (Å²) < 4.78 is 18.2. The highest BCUT2D eigenvalue weighted by Gasteiger charge is 2.02. The summed E-state index contributed by atoms with van der Waals surface area (Å²) in [7, 11) is 1.58. The zero-order valence-electron chi connectivity index (χ0n) is 11.3. The van der Waals surface area contributed by atoms with Gasteiger partial charge >= 0.3 is 0 Å². The first kappa shape index (κ1) is 14.9. The Bertz CT molecular complexity index is 661. The summed E-state index contributed by atoms with van der Waals surface area (Å²) in [5.41, 5.74) is 4.04. The third kappa shape index (κ3) is 4.54. The van der Waals surface area contributed by atoms with Crippen LogP contribution in [0.3, 0.4) is 0 Å². The van der Waals surface area contributed by atoms with E-state index in [2.05, 4.69) is 15.8 Å². The first-order chi connectivity index (χ1) is 10.2. The van der Waals surface area contributed by atoms with Gasteiger partial charge in [0, 0.05) is 0 Å². The van der Waals surface area contributed by atoms with Crippen molar-refractivity contribution in [1.29, 1.82) is 0 Å². The molecule has 108 valence electrons. The standard InChI is InChI=1S/C15H14FN3OS/c1-20-14-8-3-2-7-13(14)18-15(21)19-17-10-11-5-4-6-12(16)9-11/h2-10H,1H3,(H2,18,19,21). The molecule has 0 bridgehead atoms. The molecule has 0 atom stereocenters. The fourth-order valence-corrected chi connectivity index (χ4v) is 1.81. The molecule has 0 amide bonds. The van der Waals surface area contributed by atoms with Crippen LogP contribution in [0.4, 0.5) is 10.1 Å². The third-order valence-electron chi connectivity index (χ3n) is 2.58. The summed E-state index contributed by atoms with van der Waals surface area (Å²) in [5.74, 6) is 0.365. The summed E-state index contributed by atoms with van der Waals surface area (Å²) in [6.45, 7) is 0. The Morgan fingerprint density at radius 1 is 1.24 bits per heavy atom. The zero-order valence-corrected chi connectivity index (χ0v) is 12.2. The predicted octanol–water partition coefficient (Wildman–Crippen LogP) is 3.15. The molecule has 0 unspecified atom stereocenters. The van der Waals surface area contributed by atoms with Crippen LogP contribution in [-0.4, -0.2) is 18.4 Å². The van der Waals surface area contributed by atoms with Crippen LogP contribution in [0, 0.1) is 5.82 Å². The lowest BCUT2D eigenvalue weighted by Crippen LogP contribution is -2.24. The van der Waals surface area contributed by atoms with Gasteiger partial charge < -0.3 is 10.1 Å². The van der Waals surface area contributed by atoms with Gasteiger partial charge in [-0.2, -0.15) is 5.10 Å². The lowest BCUT2D eigenvalue weighted by atomic mass is 10.2. The molecule has 21 heavy (non-hydrogen) atoms. The van der Waals surface area contributed by atoms with Crippen molar-refractivity contribution in [2.45, 2.75) is 0 Å². The van der Waals surface area contributed by atoms with Gasteiger partial charge in [0.2, 0.25) is 0 Å². The normalized spacial score (nSPS) is 10.4. The van der Waals surface area contributed by atoms with Crippen LogP contribution in [0.15, 0.2) is 53.6 Å². The first-order valence-corrected chi connectivity index (χ1v) is 6.58. The molecule has 0 radical (unpaired) electrons. The summed E-state index contributed by atoms with van der Waals surface area (Å²) in [6.07, 6.45) is 1.49. The highest BCUT2D eigenvalue weighted by Crippen LogP contribution is 2.22. The van der Waals surface area contributed by atoms with Crippen molar-refractivity contribution in [2.75, 3.05) is 12.4 Å². The molecule has 2 rings (SSSR count). The monoisotopic (exact) mass is 303 g/mol. The van der Waals surface area contributed by atoms with Gasteiger partial charge in [0.25, 0.3) is 0 Å². The van der Waals surface area contributed by atoms with Crippen molar-refractivity contribution in [3.63, 3.8) is 0 Å². The molecular weight excluding hydrogens is 289 g/mol. The summed E-state index contributed by atoms with van der Waals surface area (Å²) >= 11 is 5.12. The van der Waals surface area contributed by atoms with E-state index in [0.29, 0.717) is 16.4 Å². The first-order valence-electron chi connectivity index (χ1n) is 6.17. The van der Waals surface area contributed by atoms with E-state index in [1.165, 1.54) is 18.3 Å². The fourth-order valence-electron chi connectivity index (χ4n) is 1.65. The number of rotatable bonds is 4. The number of hydrogen-bond donors (Lipinski definition) is 2. The SMILES string of the molecule is COc1ccccc1NC(=S)NN=Cc1cccc(F)c1. The molecule has 0 aliphatic heterocycles. The Morgan fingerprint density at radius 3 is 2.81 bits per heavy atom. The minimum absolute atomic E-state index is 0.311. The van der Waals surface area contributed by atoms with Crippen LogP contribution in [0.5, 0.6) is 5.75 Å². The van der Waals surface area contributed by atoms with Gasteiger partial charge in [0.1, 0.15) is 11.6 Å². The average Bonchev–Trinajstić information content (AvgIpc) is 2.48. The number of hydrogen-bond acceptors (Lipinski definition) is 3. The molecule has 4 nitrogen and oxygen atoms in total. The van der Waals surface area contributed by atoms with Crippen molar-refractivity contribution in [1.82, 2.24) is 5.43 Å². The second-order valence-electron chi connectivity index (χ2n) is 4.08. The largest absolute Gasteiger partial charge is 0.495 e. The van der Waals surface area contributed by atoms with Crippen LogP contribution in [-0.2, 0) is 0 Å². The maximum atomic E-state index is 13.0. The molecular formula is C15H14FN3OS. The van der Waals surface area contributed by atoms with Crippen molar-refractivity contribution in [3.8, 4) is 5.75 Å². The lowest BCUT2D eigenvalue weighted by molar-refractivity contribution is 0.417. The second-order valence-corrected chi connectivity index (χ2v) is 4.49. The summed E-state index contributed by atoms with van der Waals surface area (Å²) in [6, 6.07) is 13.5. The van der Waals surface area contributed by atoms with E-state index in [1.54, 1.807) is 19.2 Å². The van der Waals surface area contributed by atoms with Crippen LogP contribution in [0.25, 0.3) is 0 Å². The summed E-state index contributed by atoms with van der Waals surface area (Å²) in [5, 5.41) is 7.23. The number of nitrogens with one attached hydrogen (secondary N) is 2. The molecule has 2 N–H and O–H groups in total. The number of para-hydroxylation sites is 2. The molecule has 0 aliphatic carbocycles. The molecule has 6 heteroatoms. The Balaban J connectivity index is 1.93. The topological polar surface area (TPSA) is 45.6 Å². The molecule has 0 fully saturated rings. The summed E-state index contributed by atoms with van der Waals surface area (Å²) in [4.78, 5) is 0. The van der Waals surface area contributed by atoms with E-state index < -0.39 is 0 Å². The number of hydrazone groups is 1. The van der Waals surface area contributed by atoms with Gasteiger partial charge in [0.05, 0.1) is 19.0 Å². The molecule has 0 spiro atoms. The van der Waals surface area contributed by atoms with Crippen LogP contribution in [0.2, 0.25) is 0 Å². The van der Waals surface area contributed by atoms with E-state index in [9.17, 15) is 4.39 Å². The quantitative estimate of drug-likeness (QED) is 0.517. The molecule has 0 saturated carbocycles. The minimum Gasteiger partial charge on any atom is -0.495 e. The van der Waals surface area contributed by atoms with Gasteiger partial charge in [-0.25, -0.2) is 4.39 Å². The number of nitrogens with zero attached hydrogens (tertiary/aromatic N) is 1. The van der Waals surface area contributed by atoms with Crippen LogP contribution >= 0.6 is 12.2 Å². The predicted molar refractivity (Wildman–Crippen MR) is 86.3 cm³/mol. The lowest BCUT2D eigenvalue weighted by Gasteiger charge is -2.10. The number of thiocarbonyl (C=S) groups is 1. The average molecular weight is 303 g/mol. The molecule has 0 aliphatic rings. The number of anilines is 1. The Morgan fingerprint density at radius 2 is 2.05 bits per heavy atom. The van der Waals surface area contributed by atoms with E-state index in [1.807, 2.05) is 24.3 Å². The molecule has 0 aromatic heterocycles. The Labute approximate surface area is 127 Å². The van der Waals surface area contributed by atoms with Gasteiger partial charge in [-0.3, -0.25) is 5.43 Å². The number of ether oxygens (including phenoxy) is 1. The second kappa shape index (κ2) is 7.35. The van der Waals surface area contributed by atoms with E-state index in [0.717, 1.165) is 5.69 Å². The van der Waals surface area contributed by atoms with Crippen molar-refractivity contribution in [2.24, 2.45) is 5.10 Å². The van der Waals surface area contributed by atoms with Crippen molar-refractivity contribution < 1.29 is 9.13 Å². The maximum absolute atomic E-state index is 13.0. The molecule has 0 heterocycles. The Kier molecular flexibility index (Phi) is 5.22. The minimum atomic E-state index is -0.311. The maximum Gasteiger partial charge on any atom is 0.191 e. The highest BCUT2D eigenvalue weighted by atomic mass is 32.1. The molecule has 2 aromatic carbocycles. The van der Waals surface area contributed by atoms with Gasteiger partial charge in [-0.05, 0) is 42.0 Å². The molecule has 0 saturated heterocycles. The smallest absolute Gasteiger partial charge is 0.191 e.